The molecule has 2 heteroatoms. The van der Waals surface area contributed by atoms with Gasteiger partial charge < -0.3 is 9.13 Å². The molecule has 0 N–H and O–H groups in total. The fraction of sp³-hybridized carbons (Fsp3) is 0. The summed E-state index contributed by atoms with van der Waals surface area (Å²) in [5, 5.41) is 12.5. The maximum Gasteiger partial charge on any atom is 0.0547 e. The molecule has 0 bridgehead atoms. The first kappa shape index (κ1) is 38.3. The Morgan fingerprint density at radius 1 is 0.191 bits per heavy atom. The maximum atomic E-state index is 2.44. The van der Waals surface area contributed by atoms with Gasteiger partial charge in [-0.3, -0.25) is 0 Å². The van der Waals surface area contributed by atoms with Crippen molar-refractivity contribution in [2.75, 3.05) is 0 Å². The molecule has 0 spiro atoms. The van der Waals surface area contributed by atoms with E-state index in [1.54, 1.807) is 0 Å². The van der Waals surface area contributed by atoms with Crippen LogP contribution < -0.4 is 0 Å². The van der Waals surface area contributed by atoms with Crippen molar-refractivity contribution in [2.45, 2.75) is 0 Å². The third kappa shape index (κ3) is 5.98. The Bertz CT molecular complexity index is 4230. The molecule has 2 heterocycles. The molecule has 0 radical (unpaired) electrons. The Morgan fingerprint density at radius 3 is 1.22 bits per heavy atom. The first-order chi connectivity index (χ1) is 33.7. The summed E-state index contributed by atoms with van der Waals surface area (Å²) in [6.07, 6.45) is 0. The van der Waals surface area contributed by atoms with E-state index in [-0.39, 0.29) is 0 Å². The van der Waals surface area contributed by atoms with Crippen LogP contribution in [0.3, 0.4) is 0 Å². The summed E-state index contributed by atoms with van der Waals surface area (Å²) < 4.78 is 4.85. The molecule has 0 saturated carbocycles. The van der Waals surface area contributed by atoms with Crippen molar-refractivity contribution >= 4 is 75.9 Å². The predicted molar refractivity (Wildman–Crippen MR) is 289 cm³/mol. The summed E-state index contributed by atoms with van der Waals surface area (Å²) in [6.45, 7) is 0. The lowest BCUT2D eigenvalue weighted by Gasteiger charge is -2.18. The minimum absolute atomic E-state index is 1.14. The molecule has 12 aromatic carbocycles. The molecule has 68 heavy (non-hydrogen) atoms. The van der Waals surface area contributed by atoms with Gasteiger partial charge in [-0.2, -0.15) is 0 Å². The third-order valence-corrected chi connectivity index (χ3v) is 14.3. The Morgan fingerprint density at radius 2 is 0.588 bits per heavy atom. The van der Waals surface area contributed by atoms with Crippen LogP contribution in [0.15, 0.2) is 255 Å². The minimum atomic E-state index is 1.14. The van der Waals surface area contributed by atoms with E-state index >= 15 is 0 Å². The lowest BCUT2D eigenvalue weighted by atomic mass is 9.86. The Balaban J connectivity index is 0.872. The summed E-state index contributed by atoms with van der Waals surface area (Å²) in [5.74, 6) is 0. The van der Waals surface area contributed by atoms with Crippen LogP contribution in [0, 0.1) is 0 Å². The molecule has 0 amide bonds. The van der Waals surface area contributed by atoms with E-state index in [0.29, 0.717) is 0 Å². The number of hydrogen-bond acceptors (Lipinski definition) is 0. The monoisotopic (exact) mass is 862 g/mol. The summed E-state index contributed by atoms with van der Waals surface area (Å²) in [4.78, 5) is 0. The molecule has 0 aliphatic heterocycles. The van der Waals surface area contributed by atoms with E-state index in [9.17, 15) is 0 Å². The summed E-state index contributed by atoms with van der Waals surface area (Å²) >= 11 is 0. The average Bonchev–Trinajstić information content (AvgIpc) is 3.92. The Hall–Kier alpha value is -8.98. The molecule has 0 atom stereocenters. The van der Waals surface area contributed by atoms with Gasteiger partial charge in [0, 0.05) is 32.9 Å². The molecule has 14 aromatic rings. The molecular formula is C66H42N2. The highest BCUT2D eigenvalue weighted by Gasteiger charge is 2.19. The van der Waals surface area contributed by atoms with Crippen LogP contribution in [0.2, 0.25) is 0 Å². The number of rotatable bonds is 6. The van der Waals surface area contributed by atoms with Crippen LogP contribution in [0.5, 0.6) is 0 Å². The highest BCUT2D eigenvalue weighted by Crippen LogP contribution is 2.45. The van der Waals surface area contributed by atoms with E-state index in [1.165, 1.54) is 120 Å². The van der Waals surface area contributed by atoms with Gasteiger partial charge >= 0.3 is 0 Å². The fourth-order valence-corrected chi connectivity index (χ4v) is 11.2. The largest absolute Gasteiger partial charge is 0.309 e. The predicted octanol–water partition coefficient (Wildman–Crippen LogP) is 18.0. The first-order valence-electron chi connectivity index (χ1n) is 23.5. The van der Waals surface area contributed by atoms with Gasteiger partial charge in [-0.1, -0.05) is 194 Å². The summed E-state index contributed by atoms with van der Waals surface area (Å²) in [7, 11) is 0. The molecule has 0 aliphatic rings. The van der Waals surface area contributed by atoms with Crippen LogP contribution in [0.25, 0.3) is 132 Å². The van der Waals surface area contributed by atoms with Crippen molar-refractivity contribution in [1.29, 1.82) is 0 Å². The van der Waals surface area contributed by atoms with E-state index in [1.807, 2.05) is 0 Å². The quantitative estimate of drug-likeness (QED) is 0.147. The lowest BCUT2D eigenvalue weighted by molar-refractivity contribution is 1.18. The van der Waals surface area contributed by atoms with Gasteiger partial charge in [0.1, 0.15) is 0 Å². The van der Waals surface area contributed by atoms with Gasteiger partial charge in [0.2, 0.25) is 0 Å². The number of hydrogen-bond donors (Lipinski definition) is 0. The molecular weight excluding hydrogens is 821 g/mol. The van der Waals surface area contributed by atoms with E-state index in [0.717, 1.165) is 11.4 Å². The van der Waals surface area contributed by atoms with Crippen molar-refractivity contribution in [3.63, 3.8) is 0 Å². The zero-order chi connectivity index (χ0) is 44.7. The van der Waals surface area contributed by atoms with Crippen molar-refractivity contribution in [1.82, 2.24) is 9.13 Å². The van der Waals surface area contributed by atoms with Gasteiger partial charge in [0.25, 0.3) is 0 Å². The first-order valence-corrected chi connectivity index (χ1v) is 23.5. The van der Waals surface area contributed by atoms with E-state index < -0.39 is 0 Å². The molecule has 0 unspecified atom stereocenters. The van der Waals surface area contributed by atoms with Gasteiger partial charge in [-0.15, -0.1) is 0 Å². The SMILES string of the molecule is c1ccc(-c2c3ccccc3c(-c3ccc(-n4c5ccccc5c5ccc(-c6ccc7c(c6)c6ccccc6n7-c6ccc(-c7ccc8ccccc8c7)cc6)cc54)cc3)c3ccccc23)cc1. The molecule has 14 rings (SSSR count). The van der Waals surface area contributed by atoms with Gasteiger partial charge in [-0.25, -0.2) is 0 Å². The van der Waals surface area contributed by atoms with Gasteiger partial charge in [-0.05, 0) is 137 Å². The summed E-state index contributed by atoms with van der Waals surface area (Å²) in [6, 6.07) is 93.7. The van der Waals surface area contributed by atoms with Crippen molar-refractivity contribution in [3.8, 4) is 55.9 Å². The normalized spacial score (nSPS) is 11.8. The topological polar surface area (TPSA) is 9.86 Å². The second kappa shape index (κ2) is 15.3. The summed E-state index contributed by atoms with van der Waals surface area (Å²) in [5.41, 5.74) is 16.9. The Labute approximate surface area is 393 Å². The lowest BCUT2D eigenvalue weighted by Crippen LogP contribution is -1.95. The number of aromatic nitrogens is 2. The van der Waals surface area contributed by atoms with Crippen LogP contribution in [-0.2, 0) is 0 Å². The number of benzene rings is 12. The second-order valence-electron chi connectivity index (χ2n) is 18.0. The molecule has 2 aromatic heterocycles. The van der Waals surface area contributed by atoms with Crippen molar-refractivity contribution < 1.29 is 0 Å². The minimum Gasteiger partial charge on any atom is -0.309 e. The highest BCUT2D eigenvalue weighted by atomic mass is 15.0. The van der Waals surface area contributed by atoms with Crippen LogP contribution in [0.4, 0.5) is 0 Å². The second-order valence-corrected chi connectivity index (χ2v) is 18.0. The average molecular weight is 863 g/mol. The molecule has 2 nitrogen and oxygen atoms in total. The van der Waals surface area contributed by atoms with Crippen LogP contribution in [-0.4, -0.2) is 9.13 Å². The van der Waals surface area contributed by atoms with Crippen molar-refractivity contribution in [3.05, 3.63) is 255 Å². The number of nitrogens with zero attached hydrogens (tertiary/aromatic N) is 2. The molecule has 316 valence electrons. The number of para-hydroxylation sites is 2. The smallest absolute Gasteiger partial charge is 0.0547 e. The molecule has 0 fully saturated rings. The maximum absolute atomic E-state index is 2.44. The molecule has 0 aliphatic carbocycles. The van der Waals surface area contributed by atoms with Crippen LogP contribution in [0.1, 0.15) is 0 Å². The zero-order valence-corrected chi connectivity index (χ0v) is 37.1. The van der Waals surface area contributed by atoms with Crippen LogP contribution >= 0.6 is 0 Å². The molecule has 0 saturated heterocycles. The Kier molecular flexibility index (Phi) is 8.62. The van der Waals surface area contributed by atoms with E-state index in [2.05, 4.69) is 264 Å². The zero-order valence-electron chi connectivity index (χ0n) is 37.1. The van der Waals surface area contributed by atoms with Gasteiger partial charge in [0.05, 0.1) is 22.1 Å². The number of fused-ring (bicyclic) bond motifs is 9. The highest BCUT2D eigenvalue weighted by molar-refractivity contribution is 6.21. The van der Waals surface area contributed by atoms with E-state index in [4.69, 9.17) is 0 Å². The standard InChI is InChI=1S/C66H42N2/c1-2-15-45(16-3-1)65-56-20-6-8-22-58(56)66(59-23-9-7-21-57(59)65)46-30-36-52(37-31-46)68-61-24-12-10-18-53(61)55-38-32-50(42-64(55)68)49-33-39-63-60(41-49)54-19-11-13-25-62(54)67(63)51-34-28-44(29-35-51)48-27-26-43-14-4-5-17-47(43)40-48/h1-42H. The van der Waals surface area contributed by atoms with Gasteiger partial charge in [0.15, 0.2) is 0 Å². The third-order valence-electron chi connectivity index (χ3n) is 14.3. The van der Waals surface area contributed by atoms with Crippen molar-refractivity contribution in [2.24, 2.45) is 0 Å². The fourth-order valence-electron chi connectivity index (χ4n) is 11.2.